The molecule has 102 valence electrons. The zero-order chi connectivity index (χ0) is 13.0. The summed E-state index contributed by atoms with van der Waals surface area (Å²) in [5.41, 5.74) is 5.33. The molecule has 3 amide bonds. The fourth-order valence-corrected chi connectivity index (χ4v) is 2.71. The van der Waals surface area contributed by atoms with Gasteiger partial charge in [0, 0.05) is 25.7 Å². The zero-order valence-corrected chi connectivity index (χ0v) is 10.7. The van der Waals surface area contributed by atoms with Crippen molar-refractivity contribution in [2.24, 2.45) is 5.73 Å². The van der Waals surface area contributed by atoms with E-state index in [4.69, 9.17) is 5.73 Å². The number of rotatable bonds is 2. The third kappa shape index (κ3) is 3.13. The normalized spacial score (nSPS) is 25.8. The quantitative estimate of drug-likeness (QED) is 0.637. The van der Waals surface area contributed by atoms with Crippen molar-refractivity contribution in [2.75, 3.05) is 19.6 Å². The van der Waals surface area contributed by atoms with E-state index in [-0.39, 0.29) is 12.1 Å². The van der Waals surface area contributed by atoms with Crippen LogP contribution >= 0.6 is 0 Å². The second-order valence-corrected chi connectivity index (χ2v) is 5.10. The van der Waals surface area contributed by atoms with Gasteiger partial charge in [-0.1, -0.05) is 19.3 Å². The second-order valence-electron chi connectivity index (χ2n) is 5.10. The van der Waals surface area contributed by atoms with E-state index in [1.165, 1.54) is 19.3 Å². The van der Waals surface area contributed by atoms with Gasteiger partial charge < -0.3 is 21.3 Å². The number of nitrogens with two attached hydrogens (primary N) is 1. The minimum atomic E-state index is -0.526. The van der Waals surface area contributed by atoms with Crippen molar-refractivity contribution in [1.29, 1.82) is 0 Å². The lowest BCUT2D eigenvalue weighted by molar-refractivity contribution is -0.122. The van der Waals surface area contributed by atoms with Gasteiger partial charge in [-0.15, -0.1) is 0 Å². The average molecular weight is 254 g/mol. The summed E-state index contributed by atoms with van der Waals surface area (Å²) in [5, 5.41) is 6.11. The van der Waals surface area contributed by atoms with Crippen LogP contribution in [-0.2, 0) is 4.79 Å². The van der Waals surface area contributed by atoms with Crippen LogP contribution in [0.5, 0.6) is 0 Å². The Labute approximate surface area is 107 Å². The maximum Gasteiger partial charge on any atom is 0.318 e. The highest BCUT2D eigenvalue weighted by Gasteiger charge is 2.31. The van der Waals surface area contributed by atoms with Crippen molar-refractivity contribution in [3.63, 3.8) is 0 Å². The molecular formula is C12H22N4O2. The molecule has 0 aromatic carbocycles. The summed E-state index contributed by atoms with van der Waals surface area (Å²) in [4.78, 5) is 25.0. The zero-order valence-electron chi connectivity index (χ0n) is 10.7. The lowest BCUT2D eigenvalue weighted by atomic mass is 9.96. The van der Waals surface area contributed by atoms with E-state index in [0.29, 0.717) is 19.6 Å². The molecule has 2 fully saturated rings. The number of nitrogens with zero attached hydrogens (tertiary/aromatic N) is 1. The average Bonchev–Trinajstić information content (AvgIpc) is 2.40. The lowest BCUT2D eigenvalue weighted by Gasteiger charge is -2.35. The van der Waals surface area contributed by atoms with Crippen molar-refractivity contribution in [3.8, 4) is 0 Å². The Morgan fingerprint density at radius 1 is 1.22 bits per heavy atom. The van der Waals surface area contributed by atoms with Crippen molar-refractivity contribution in [3.05, 3.63) is 0 Å². The fraction of sp³-hybridized carbons (Fsp3) is 0.833. The molecule has 0 bridgehead atoms. The molecule has 4 N–H and O–H groups in total. The molecule has 1 saturated heterocycles. The Bertz CT molecular complexity index is 315. The number of amides is 3. The van der Waals surface area contributed by atoms with Gasteiger partial charge in [0.1, 0.15) is 6.04 Å². The van der Waals surface area contributed by atoms with Crippen molar-refractivity contribution in [2.45, 2.75) is 44.2 Å². The van der Waals surface area contributed by atoms with Gasteiger partial charge in [-0.3, -0.25) is 4.79 Å². The van der Waals surface area contributed by atoms with Crippen molar-refractivity contribution in [1.82, 2.24) is 15.5 Å². The van der Waals surface area contributed by atoms with Gasteiger partial charge in [-0.05, 0) is 12.8 Å². The van der Waals surface area contributed by atoms with Gasteiger partial charge >= 0.3 is 6.03 Å². The molecule has 1 aliphatic carbocycles. The van der Waals surface area contributed by atoms with E-state index >= 15 is 0 Å². The highest BCUT2D eigenvalue weighted by molar-refractivity contribution is 5.86. The molecule has 1 aliphatic heterocycles. The van der Waals surface area contributed by atoms with E-state index in [1.807, 2.05) is 0 Å². The van der Waals surface area contributed by atoms with Crippen LogP contribution in [0.25, 0.3) is 0 Å². The molecule has 18 heavy (non-hydrogen) atoms. The number of carbonyl (C=O) groups is 2. The maximum absolute atomic E-state index is 12.2. The summed E-state index contributed by atoms with van der Waals surface area (Å²) in [6.07, 6.45) is 5.68. The van der Waals surface area contributed by atoms with E-state index in [2.05, 4.69) is 10.6 Å². The Morgan fingerprint density at radius 3 is 2.61 bits per heavy atom. The Morgan fingerprint density at radius 2 is 1.94 bits per heavy atom. The van der Waals surface area contributed by atoms with Crippen LogP contribution in [-0.4, -0.2) is 48.6 Å². The molecule has 2 rings (SSSR count). The van der Waals surface area contributed by atoms with Gasteiger partial charge in [0.15, 0.2) is 0 Å². The van der Waals surface area contributed by atoms with Crippen LogP contribution in [0.1, 0.15) is 32.1 Å². The summed E-state index contributed by atoms with van der Waals surface area (Å²) < 4.78 is 0. The molecule has 1 atom stereocenters. The van der Waals surface area contributed by atoms with E-state index in [0.717, 1.165) is 12.8 Å². The predicted octanol–water partition coefficient (Wildman–Crippen LogP) is -0.212. The smallest absolute Gasteiger partial charge is 0.318 e. The molecular weight excluding hydrogens is 232 g/mol. The molecule has 1 saturated carbocycles. The Hall–Kier alpha value is -1.30. The maximum atomic E-state index is 12.2. The van der Waals surface area contributed by atoms with E-state index in [1.54, 1.807) is 4.90 Å². The second kappa shape index (κ2) is 6.04. The SMILES string of the molecule is NC(=O)C1CNCCN1C(=O)NC1CCCCC1. The molecule has 0 spiro atoms. The van der Waals surface area contributed by atoms with Gasteiger partial charge in [-0.2, -0.15) is 0 Å². The van der Waals surface area contributed by atoms with Crippen LogP contribution < -0.4 is 16.4 Å². The minimum absolute atomic E-state index is 0.146. The van der Waals surface area contributed by atoms with E-state index < -0.39 is 11.9 Å². The minimum Gasteiger partial charge on any atom is -0.368 e. The number of hydrogen-bond acceptors (Lipinski definition) is 3. The van der Waals surface area contributed by atoms with Gasteiger partial charge in [-0.25, -0.2) is 4.79 Å². The summed E-state index contributed by atoms with van der Waals surface area (Å²) in [6.45, 7) is 1.70. The molecule has 0 aromatic rings. The largest absolute Gasteiger partial charge is 0.368 e. The predicted molar refractivity (Wildman–Crippen MR) is 68.0 cm³/mol. The van der Waals surface area contributed by atoms with Crippen LogP contribution in [0, 0.1) is 0 Å². The first-order valence-corrected chi connectivity index (χ1v) is 6.75. The lowest BCUT2D eigenvalue weighted by Crippen LogP contribution is -2.61. The number of carbonyl (C=O) groups excluding carboxylic acids is 2. The van der Waals surface area contributed by atoms with Crippen LogP contribution in [0.3, 0.4) is 0 Å². The van der Waals surface area contributed by atoms with E-state index in [9.17, 15) is 9.59 Å². The highest BCUT2D eigenvalue weighted by atomic mass is 16.2. The molecule has 6 heteroatoms. The van der Waals surface area contributed by atoms with Gasteiger partial charge in [0.25, 0.3) is 0 Å². The first-order valence-electron chi connectivity index (χ1n) is 6.75. The number of nitrogens with one attached hydrogen (secondary N) is 2. The molecule has 2 aliphatic rings. The summed E-state index contributed by atoms with van der Waals surface area (Å²) in [5.74, 6) is -0.444. The van der Waals surface area contributed by atoms with Crippen LogP contribution in [0.2, 0.25) is 0 Å². The first-order chi connectivity index (χ1) is 8.68. The Kier molecular flexibility index (Phi) is 4.41. The molecule has 6 nitrogen and oxygen atoms in total. The molecule has 0 aromatic heterocycles. The summed E-state index contributed by atoms with van der Waals surface area (Å²) in [6, 6.07) is -0.413. The summed E-state index contributed by atoms with van der Waals surface area (Å²) in [7, 11) is 0. The van der Waals surface area contributed by atoms with Gasteiger partial charge in [0.2, 0.25) is 5.91 Å². The number of hydrogen-bond donors (Lipinski definition) is 3. The summed E-state index contributed by atoms with van der Waals surface area (Å²) >= 11 is 0. The number of primary amides is 1. The third-order valence-electron chi connectivity index (χ3n) is 3.77. The van der Waals surface area contributed by atoms with Crippen molar-refractivity contribution >= 4 is 11.9 Å². The van der Waals surface area contributed by atoms with Crippen molar-refractivity contribution < 1.29 is 9.59 Å². The number of urea groups is 1. The van der Waals surface area contributed by atoms with Crippen LogP contribution in [0.15, 0.2) is 0 Å². The van der Waals surface area contributed by atoms with Gasteiger partial charge in [0.05, 0.1) is 0 Å². The standard InChI is InChI=1S/C12H22N4O2/c13-11(17)10-8-14-6-7-16(10)12(18)15-9-4-2-1-3-5-9/h9-10,14H,1-8H2,(H2,13,17)(H,15,18). The molecule has 0 radical (unpaired) electrons. The third-order valence-corrected chi connectivity index (χ3v) is 3.77. The Balaban J connectivity index is 1.91. The fourth-order valence-electron chi connectivity index (χ4n) is 2.71. The first kappa shape index (κ1) is 13.1. The van der Waals surface area contributed by atoms with Crippen LogP contribution in [0.4, 0.5) is 4.79 Å². The topological polar surface area (TPSA) is 87.5 Å². The molecule has 1 unspecified atom stereocenters. The monoisotopic (exact) mass is 254 g/mol. The highest BCUT2D eigenvalue weighted by Crippen LogP contribution is 2.18. The molecule has 1 heterocycles. The number of piperazine rings is 1.